The maximum Gasteiger partial charge on any atom is 0.237 e. The van der Waals surface area contributed by atoms with Crippen molar-refractivity contribution in [2.24, 2.45) is 11.7 Å². The molecule has 4 nitrogen and oxygen atoms in total. The SMILES string of the molecule is CC(C)C[C@H](N)C(=O)NC1(C)CCCOC1. The van der Waals surface area contributed by atoms with E-state index in [1.165, 1.54) is 0 Å². The van der Waals surface area contributed by atoms with E-state index < -0.39 is 6.04 Å². The lowest BCUT2D eigenvalue weighted by Gasteiger charge is -2.35. The maximum atomic E-state index is 11.9. The van der Waals surface area contributed by atoms with Crippen molar-refractivity contribution in [3.05, 3.63) is 0 Å². The van der Waals surface area contributed by atoms with Crippen molar-refractivity contribution in [1.82, 2.24) is 5.32 Å². The average Bonchev–Trinajstić information content (AvgIpc) is 2.16. The Morgan fingerprint density at radius 2 is 2.25 bits per heavy atom. The molecule has 0 aromatic heterocycles. The van der Waals surface area contributed by atoms with Gasteiger partial charge in [-0.1, -0.05) is 13.8 Å². The summed E-state index contributed by atoms with van der Waals surface area (Å²) in [5.41, 5.74) is 5.61. The van der Waals surface area contributed by atoms with E-state index in [9.17, 15) is 4.79 Å². The fourth-order valence-corrected chi connectivity index (χ4v) is 2.04. The van der Waals surface area contributed by atoms with Gasteiger partial charge in [-0.2, -0.15) is 0 Å². The first-order valence-electron chi connectivity index (χ1n) is 6.08. The van der Waals surface area contributed by atoms with Crippen molar-refractivity contribution in [2.75, 3.05) is 13.2 Å². The van der Waals surface area contributed by atoms with Gasteiger partial charge in [-0.3, -0.25) is 4.79 Å². The number of carbonyl (C=O) groups is 1. The van der Waals surface area contributed by atoms with Crippen LogP contribution >= 0.6 is 0 Å². The maximum absolute atomic E-state index is 11.9. The first-order valence-corrected chi connectivity index (χ1v) is 6.08. The number of nitrogens with one attached hydrogen (secondary N) is 1. The molecule has 0 aromatic carbocycles. The largest absolute Gasteiger partial charge is 0.379 e. The van der Waals surface area contributed by atoms with Crippen LogP contribution in [0.2, 0.25) is 0 Å². The molecule has 0 aliphatic carbocycles. The van der Waals surface area contributed by atoms with Crippen LogP contribution in [0.3, 0.4) is 0 Å². The molecule has 3 N–H and O–H groups in total. The van der Waals surface area contributed by atoms with Gasteiger partial charge in [0.15, 0.2) is 0 Å². The van der Waals surface area contributed by atoms with Crippen molar-refractivity contribution in [2.45, 2.75) is 51.6 Å². The highest BCUT2D eigenvalue weighted by Crippen LogP contribution is 2.18. The third-order valence-corrected chi connectivity index (χ3v) is 2.92. The predicted octanol–water partition coefficient (Wildman–Crippen LogP) is 1.05. The number of hydrogen-bond donors (Lipinski definition) is 2. The van der Waals surface area contributed by atoms with E-state index in [1.807, 2.05) is 6.92 Å². The molecule has 94 valence electrons. The zero-order chi connectivity index (χ0) is 12.2. The van der Waals surface area contributed by atoms with Crippen LogP contribution in [0.5, 0.6) is 0 Å². The van der Waals surface area contributed by atoms with Crippen LogP contribution in [0.1, 0.15) is 40.0 Å². The van der Waals surface area contributed by atoms with Gasteiger partial charge in [0.25, 0.3) is 0 Å². The standard InChI is InChI=1S/C12H24N2O2/c1-9(2)7-10(13)11(15)14-12(3)5-4-6-16-8-12/h9-10H,4-8,13H2,1-3H3,(H,14,15)/t10-,12?/m0/s1. The second-order valence-corrected chi connectivity index (χ2v) is 5.44. The number of hydrogen-bond acceptors (Lipinski definition) is 3. The first kappa shape index (κ1) is 13.5. The molecule has 1 amide bonds. The number of rotatable bonds is 4. The zero-order valence-corrected chi connectivity index (χ0v) is 10.6. The van der Waals surface area contributed by atoms with Crippen molar-refractivity contribution in [1.29, 1.82) is 0 Å². The van der Waals surface area contributed by atoms with Crippen molar-refractivity contribution >= 4 is 5.91 Å². The van der Waals surface area contributed by atoms with Gasteiger partial charge in [-0.15, -0.1) is 0 Å². The van der Waals surface area contributed by atoms with Crippen LogP contribution < -0.4 is 11.1 Å². The summed E-state index contributed by atoms with van der Waals surface area (Å²) in [4.78, 5) is 11.9. The minimum atomic E-state index is -0.404. The third-order valence-electron chi connectivity index (χ3n) is 2.92. The Bertz CT molecular complexity index is 235. The summed E-state index contributed by atoms with van der Waals surface area (Å²) in [5, 5.41) is 3.01. The van der Waals surface area contributed by atoms with Crippen molar-refractivity contribution < 1.29 is 9.53 Å². The molecule has 0 radical (unpaired) electrons. The summed E-state index contributed by atoms with van der Waals surface area (Å²) in [6, 6.07) is -0.404. The smallest absolute Gasteiger partial charge is 0.237 e. The lowest BCUT2D eigenvalue weighted by Crippen LogP contribution is -2.56. The second kappa shape index (κ2) is 5.64. The molecule has 1 saturated heterocycles. The molecule has 1 rings (SSSR count). The normalized spacial score (nSPS) is 27.8. The summed E-state index contributed by atoms with van der Waals surface area (Å²) in [7, 11) is 0. The van der Waals surface area contributed by atoms with Crippen LogP contribution in [-0.2, 0) is 9.53 Å². The van der Waals surface area contributed by atoms with Gasteiger partial charge < -0.3 is 15.8 Å². The molecule has 1 unspecified atom stereocenters. The van der Waals surface area contributed by atoms with E-state index in [0.717, 1.165) is 25.9 Å². The zero-order valence-electron chi connectivity index (χ0n) is 10.6. The minimum absolute atomic E-state index is 0.0540. The highest BCUT2D eigenvalue weighted by Gasteiger charge is 2.30. The Morgan fingerprint density at radius 1 is 1.56 bits per heavy atom. The summed E-state index contributed by atoms with van der Waals surface area (Å²) >= 11 is 0. The molecular weight excluding hydrogens is 204 g/mol. The van der Waals surface area contributed by atoms with Gasteiger partial charge >= 0.3 is 0 Å². The highest BCUT2D eigenvalue weighted by atomic mass is 16.5. The summed E-state index contributed by atoms with van der Waals surface area (Å²) in [5.74, 6) is 0.387. The second-order valence-electron chi connectivity index (χ2n) is 5.44. The Kier molecular flexibility index (Phi) is 4.74. The molecule has 1 aliphatic heterocycles. The summed E-state index contributed by atoms with van der Waals surface area (Å²) < 4.78 is 5.39. The first-order chi connectivity index (χ1) is 7.43. The topological polar surface area (TPSA) is 64.4 Å². The van der Waals surface area contributed by atoms with E-state index in [0.29, 0.717) is 12.5 Å². The van der Waals surface area contributed by atoms with E-state index in [2.05, 4.69) is 19.2 Å². The monoisotopic (exact) mass is 228 g/mol. The fourth-order valence-electron chi connectivity index (χ4n) is 2.04. The lowest BCUT2D eigenvalue weighted by atomic mass is 9.94. The summed E-state index contributed by atoms with van der Waals surface area (Å²) in [6.45, 7) is 7.54. The number of carbonyl (C=O) groups excluding carboxylic acids is 1. The van der Waals surface area contributed by atoms with Crippen molar-refractivity contribution in [3.63, 3.8) is 0 Å². The van der Waals surface area contributed by atoms with E-state index in [1.54, 1.807) is 0 Å². The van der Waals surface area contributed by atoms with Gasteiger partial charge in [-0.25, -0.2) is 0 Å². The average molecular weight is 228 g/mol. The van der Waals surface area contributed by atoms with Crippen LogP contribution in [-0.4, -0.2) is 30.7 Å². The van der Waals surface area contributed by atoms with E-state index in [-0.39, 0.29) is 11.4 Å². The number of nitrogens with two attached hydrogens (primary N) is 1. The Morgan fingerprint density at radius 3 is 2.75 bits per heavy atom. The van der Waals surface area contributed by atoms with Crippen molar-refractivity contribution in [3.8, 4) is 0 Å². The molecule has 1 heterocycles. The molecule has 16 heavy (non-hydrogen) atoms. The minimum Gasteiger partial charge on any atom is -0.379 e. The van der Waals surface area contributed by atoms with Crippen LogP contribution in [0.4, 0.5) is 0 Å². The van der Waals surface area contributed by atoms with Gasteiger partial charge in [0.2, 0.25) is 5.91 Å². The summed E-state index contributed by atoms with van der Waals surface area (Å²) in [6.07, 6.45) is 2.69. The predicted molar refractivity (Wildman–Crippen MR) is 64.0 cm³/mol. The van der Waals surface area contributed by atoms with Crippen LogP contribution in [0.25, 0.3) is 0 Å². The molecular formula is C12H24N2O2. The van der Waals surface area contributed by atoms with Gasteiger partial charge in [0.1, 0.15) is 0 Å². The Labute approximate surface area is 97.9 Å². The number of ether oxygens (including phenoxy) is 1. The van der Waals surface area contributed by atoms with Gasteiger partial charge in [0.05, 0.1) is 18.2 Å². The van der Waals surface area contributed by atoms with Crippen LogP contribution in [0, 0.1) is 5.92 Å². The lowest BCUT2D eigenvalue weighted by molar-refractivity contribution is -0.126. The quantitative estimate of drug-likeness (QED) is 0.756. The molecule has 0 saturated carbocycles. The molecule has 0 bridgehead atoms. The molecule has 0 aromatic rings. The van der Waals surface area contributed by atoms with Crippen LogP contribution in [0.15, 0.2) is 0 Å². The number of amides is 1. The Hall–Kier alpha value is -0.610. The molecule has 2 atom stereocenters. The van der Waals surface area contributed by atoms with Gasteiger partial charge in [0, 0.05) is 6.61 Å². The molecule has 4 heteroatoms. The van der Waals surface area contributed by atoms with Gasteiger partial charge in [-0.05, 0) is 32.1 Å². The highest BCUT2D eigenvalue weighted by molar-refractivity contribution is 5.82. The fraction of sp³-hybridized carbons (Fsp3) is 0.917. The molecule has 1 aliphatic rings. The third kappa shape index (κ3) is 4.10. The van der Waals surface area contributed by atoms with E-state index >= 15 is 0 Å². The molecule has 0 spiro atoms. The Balaban J connectivity index is 2.43. The van der Waals surface area contributed by atoms with E-state index in [4.69, 9.17) is 10.5 Å². The molecule has 1 fully saturated rings.